The van der Waals surface area contributed by atoms with Crippen molar-refractivity contribution in [3.63, 3.8) is 0 Å². The third-order valence-electron chi connectivity index (χ3n) is 6.25. The summed E-state index contributed by atoms with van der Waals surface area (Å²) >= 11 is 14.9. The second-order valence-corrected chi connectivity index (χ2v) is 9.79. The van der Waals surface area contributed by atoms with Gasteiger partial charge in [-0.3, -0.25) is 0 Å². The molecule has 1 spiro atoms. The third kappa shape index (κ3) is 5.56. The Kier molecular flexibility index (Phi) is 9.68. The molecule has 5 rings (SSSR count). The van der Waals surface area contributed by atoms with E-state index in [1.54, 1.807) is 18.7 Å². The van der Waals surface area contributed by atoms with Gasteiger partial charge in [0.1, 0.15) is 16.4 Å². The Morgan fingerprint density at radius 2 is 1.88 bits per heavy atom. The molecule has 2 N–H and O–H groups in total. The van der Waals surface area contributed by atoms with Gasteiger partial charge in [0, 0.05) is 24.2 Å². The highest BCUT2D eigenvalue weighted by molar-refractivity contribution is 7.99. The minimum absolute atomic E-state index is 0.327. The molecular formula is C23H33ClN6OS3. The molecule has 186 valence electrons. The normalized spacial score (nSPS) is 18.9. The number of thiol groups is 2. The van der Waals surface area contributed by atoms with Crippen molar-refractivity contribution < 1.29 is 4.74 Å². The number of anilines is 2. The van der Waals surface area contributed by atoms with E-state index in [0.29, 0.717) is 22.4 Å². The molecule has 2 aliphatic heterocycles. The molecule has 34 heavy (non-hydrogen) atoms. The van der Waals surface area contributed by atoms with Crippen molar-refractivity contribution in [1.82, 2.24) is 19.6 Å². The number of ether oxygens (including phenoxy) is 1. The maximum atomic E-state index is 6.37. The smallest absolute Gasteiger partial charge is 0.155 e. The molecule has 0 bridgehead atoms. The lowest BCUT2D eigenvalue weighted by Crippen LogP contribution is -2.41. The summed E-state index contributed by atoms with van der Waals surface area (Å²) in [6.07, 6.45) is 10.7. The SMILES string of the molecule is CS.CS.Cc1nc(N2CCC3(CC2)CO[C@@H](C)C3)c2ccnn2c1Sc1ccnc(N)c1Cl. The van der Waals surface area contributed by atoms with E-state index < -0.39 is 0 Å². The van der Waals surface area contributed by atoms with E-state index in [9.17, 15) is 0 Å². The highest BCUT2D eigenvalue weighted by Gasteiger charge is 2.41. The predicted octanol–water partition coefficient (Wildman–Crippen LogP) is 5.31. The molecule has 5 heterocycles. The molecule has 3 aromatic rings. The van der Waals surface area contributed by atoms with Crippen LogP contribution in [0, 0.1) is 12.3 Å². The van der Waals surface area contributed by atoms with Gasteiger partial charge in [-0.15, -0.1) is 0 Å². The number of halogens is 1. The highest BCUT2D eigenvalue weighted by atomic mass is 35.5. The fraction of sp³-hybridized carbons (Fsp3) is 0.522. The Hall–Kier alpha value is -1.33. The molecule has 0 saturated carbocycles. The number of hydrogen-bond acceptors (Lipinski definition) is 9. The Morgan fingerprint density at radius 1 is 1.18 bits per heavy atom. The van der Waals surface area contributed by atoms with E-state index in [-0.39, 0.29) is 0 Å². The van der Waals surface area contributed by atoms with Crippen LogP contribution in [0.5, 0.6) is 0 Å². The van der Waals surface area contributed by atoms with Crippen molar-refractivity contribution >= 4 is 65.8 Å². The number of nitrogens with zero attached hydrogens (tertiary/aromatic N) is 5. The van der Waals surface area contributed by atoms with Crippen LogP contribution < -0.4 is 10.6 Å². The van der Waals surface area contributed by atoms with E-state index in [4.69, 9.17) is 27.1 Å². The number of nitrogens with two attached hydrogens (primary N) is 1. The number of aryl methyl sites for hydroxylation is 1. The lowest BCUT2D eigenvalue weighted by Gasteiger charge is -2.39. The van der Waals surface area contributed by atoms with Crippen LogP contribution in [0.25, 0.3) is 5.52 Å². The summed E-state index contributed by atoms with van der Waals surface area (Å²) in [5.41, 5.74) is 8.14. The first kappa shape index (κ1) is 27.3. The summed E-state index contributed by atoms with van der Waals surface area (Å²) in [6, 6.07) is 3.89. The Bertz CT molecular complexity index is 1100. The predicted molar refractivity (Wildman–Crippen MR) is 149 cm³/mol. The number of piperidine rings is 1. The van der Waals surface area contributed by atoms with Crippen molar-refractivity contribution in [1.29, 1.82) is 0 Å². The fourth-order valence-electron chi connectivity index (χ4n) is 4.61. The average Bonchev–Trinajstić information content (AvgIpc) is 3.49. The van der Waals surface area contributed by atoms with E-state index >= 15 is 0 Å². The quantitative estimate of drug-likeness (QED) is 0.388. The van der Waals surface area contributed by atoms with Crippen LogP contribution in [0.15, 0.2) is 34.4 Å². The maximum absolute atomic E-state index is 6.37. The summed E-state index contributed by atoms with van der Waals surface area (Å²) in [6.45, 7) is 7.07. The van der Waals surface area contributed by atoms with Gasteiger partial charge in [-0.05, 0) is 63.2 Å². The minimum atomic E-state index is 0.327. The summed E-state index contributed by atoms with van der Waals surface area (Å²) in [5, 5.41) is 5.97. The molecule has 0 aromatic carbocycles. The molecule has 0 amide bonds. The molecule has 0 unspecified atom stereocenters. The first-order valence-electron chi connectivity index (χ1n) is 11.1. The van der Waals surface area contributed by atoms with Crippen LogP contribution in [0.1, 0.15) is 31.9 Å². The van der Waals surface area contributed by atoms with Crippen molar-refractivity contribution in [3.05, 3.63) is 35.2 Å². The first-order chi connectivity index (χ1) is 16.5. The number of pyridine rings is 1. The molecule has 11 heteroatoms. The van der Waals surface area contributed by atoms with E-state index in [2.05, 4.69) is 47.2 Å². The van der Waals surface area contributed by atoms with Gasteiger partial charge in [0.05, 0.1) is 29.6 Å². The molecule has 2 saturated heterocycles. The monoisotopic (exact) mass is 540 g/mol. The van der Waals surface area contributed by atoms with Crippen LogP contribution in [-0.4, -0.2) is 57.9 Å². The summed E-state index contributed by atoms with van der Waals surface area (Å²) < 4.78 is 7.84. The lowest BCUT2D eigenvalue weighted by atomic mass is 9.77. The maximum Gasteiger partial charge on any atom is 0.155 e. The summed E-state index contributed by atoms with van der Waals surface area (Å²) in [5.74, 6) is 1.32. The van der Waals surface area contributed by atoms with Crippen LogP contribution >= 0.6 is 48.6 Å². The fourth-order valence-corrected chi connectivity index (χ4v) is 5.80. The molecule has 1 atom stereocenters. The van der Waals surface area contributed by atoms with Gasteiger partial charge in [0.25, 0.3) is 0 Å². The Balaban J connectivity index is 0.000000771. The molecule has 2 aliphatic rings. The van der Waals surface area contributed by atoms with Crippen LogP contribution in [-0.2, 0) is 4.74 Å². The number of rotatable bonds is 3. The molecule has 7 nitrogen and oxygen atoms in total. The standard InChI is InChI=1S/C21H25ClN6OS.2CH4S/c1-13-11-21(12-29-13)5-9-27(10-6-21)19-15-3-8-25-28(15)20(14(2)26-19)30-16-4-7-24-18(23)17(16)22;2*1-2/h3-4,7-8,13H,5-6,9-12H2,1-2H3,(H2,23,24);2*2H,1H3/t13-;;/m0../s1. The van der Waals surface area contributed by atoms with Crippen LogP contribution in [0.3, 0.4) is 0 Å². The molecule has 2 fully saturated rings. The summed E-state index contributed by atoms with van der Waals surface area (Å²) in [4.78, 5) is 12.3. The first-order valence-corrected chi connectivity index (χ1v) is 14.1. The number of aromatic nitrogens is 4. The Labute approximate surface area is 222 Å². The van der Waals surface area contributed by atoms with Gasteiger partial charge < -0.3 is 15.4 Å². The zero-order valence-electron chi connectivity index (χ0n) is 20.0. The van der Waals surface area contributed by atoms with Crippen LogP contribution in [0.2, 0.25) is 5.02 Å². The second kappa shape index (κ2) is 12.1. The lowest BCUT2D eigenvalue weighted by molar-refractivity contribution is 0.0976. The van der Waals surface area contributed by atoms with Gasteiger partial charge in [-0.2, -0.15) is 30.4 Å². The van der Waals surface area contributed by atoms with E-state index in [0.717, 1.165) is 59.5 Å². The average molecular weight is 541 g/mol. The second-order valence-electron chi connectivity index (χ2n) is 8.38. The molecule has 0 radical (unpaired) electrons. The molecule has 3 aromatic heterocycles. The Morgan fingerprint density at radius 3 is 2.53 bits per heavy atom. The number of hydrogen-bond donors (Lipinski definition) is 3. The van der Waals surface area contributed by atoms with Crippen molar-refractivity contribution in [2.75, 3.05) is 42.8 Å². The third-order valence-corrected chi connectivity index (χ3v) is 7.98. The van der Waals surface area contributed by atoms with E-state index in [1.165, 1.54) is 18.2 Å². The zero-order chi connectivity index (χ0) is 24.9. The summed E-state index contributed by atoms with van der Waals surface area (Å²) in [7, 11) is 0. The zero-order valence-corrected chi connectivity index (χ0v) is 23.4. The van der Waals surface area contributed by atoms with Crippen LogP contribution in [0.4, 0.5) is 11.6 Å². The van der Waals surface area contributed by atoms with Crippen molar-refractivity contribution in [2.45, 2.75) is 49.1 Å². The van der Waals surface area contributed by atoms with Crippen molar-refractivity contribution in [3.8, 4) is 0 Å². The van der Waals surface area contributed by atoms with Gasteiger partial charge in [-0.25, -0.2) is 14.5 Å². The minimum Gasteiger partial charge on any atom is -0.382 e. The number of nitrogen functional groups attached to an aromatic ring is 1. The van der Waals surface area contributed by atoms with Gasteiger partial charge in [0.15, 0.2) is 5.82 Å². The van der Waals surface area contributed by atoms with Gasteiger partial charge in [0.2, 0.25) is 0 Å². The van der Waals surface area contributed by atoms with Crippen molar-refractivity contribution in [2.24, 2.45) is 5.41 Å². The topological polar surface area (TPSA) is 81.6 Å². The largest absolute Gasteiger partial charge is 0.382 e. The van der Waals surface area contributed by atoms with Gasteiger partial charge in [-0.1, -0.05) is 23.4 Å². The molecular weight excluding hydrogens is 508 g/mol. The van der Waals surface area contributed by atoms with E-state index in [1.807, 2.05) is 29.8 Å². The molecule has 0 aliphatic carbocycles. The van der Waals surface area contributed by atoms with Gasteiger partial charge >= 0.3 is 0 Å². The number of fused-ring (bicyclic) bond motifs is 1. The highest BCUT2D eigenvalue weighted by Crippen LogP contribution is 2.43.